The zero-order valence-electron chi connectivity index (χ0n) is 14.7. The van der Waals surface area contributed by atoms with Crippen molar-refractivity contribution < 1.29 is 18.4 Å². The smallest absolute Gasteiger partial charge is 0.322 e. The van der Waals surface area contributed by atoms with E-state index in [0.717, 1.165) is 38.1 Å². The molecule has 0 spiro atoms. The number of piperidine rings is 1. The van der Waals surface area contributed by atoms with Gasteiger partial charge in [0.1, 0.15) is 11.6 Å². The Bertz CT molecular complexity index is 657. The molecule has 26 heavy (non-hydrogen) atoms. The van der Waals surface area contributed by atoms with Gasteiger partial charge in [0.2, 0.25) is 5.91 Å². The van der Waals surface area contributed by atoms with E-state index in [4.69, 9.17) is 0 Å². The summed E-state index contributed by atoms with van der Waals surface area (Å²) in [7, 11) is 0. The van der Waals surface area contributed by atoms with Gasteiger partial charge in [0.15, 0.2) is 0 Å². The minimum atomic E-state index is -0.802. The average molecular weight is 366 g/mol. The number of carbonyl (C=O) groups is 2. The molecule has 0 bridgehead atoms. The molecule has 2 heterocycles. The van der Waals surface area contributed by atoms with Crippen molar-refractivity contribution >= 4 is 17.6 Å². The fourth-order valence-corrected chi connectivity index (χ4v) is 3.33. The number of hydrogen-bond donors (Lipinski definition) is 1. The van der Waals surface area contributed by atoms with E-state index < -0.39 is 17.7 Å². The molecule has 2 aliphatic rings. The molecule has 0 atom stereocenters. The molecule has 0 radical (unpaired) electrons. The molecule has 142 valence electrons. The highest BCUT2D eigenvalue weighted by Gasteiger charge is 2.25. The van der Waals surface area contributed by atoms with E-state index in [0.29, 0.717) is 32.7 Å². The van der Waals surface area contributed by atoms with Crippen LogP contribution in [0.1, 0.15) is 19.3 Å². The summed E-state index contributed by atoms with van der Waals surface area (Å²) in [6.45, 7) is 4.17. The van der Waals surface area contributed by atoms with Gasteiger partial charge in [-0.2, -0.15) is 0 Å². The minimum Gasteiger partial charge on any atom is -0.342 e. The first-order valence-electron chi connectivity index (χ1n) is 9.04. The number of hydrogen-bond acceptors (Lipinski definition) is 3. The molecular weight excluding hydrogens is 342 g/mol. The lowest BCUT2D eigenvalue weighted by Gasteiger charge is -2.36. The highest BCUT2D eigenvalue weighted by Crippen LogP contribution is 2.16. The van der Waals surface area contributed by atoms with Crippen molar-refractivity contribution in [3.63, 3.8) is 0 Å². The molecule has 1 aromatic carbocycles. The fourth-order valence-electron chi connectivity index (χ4n) is 3.33. The van der Waals surface area contributed by atoms with Gasteiger partial charge in [-0.3, -0.25) is 9.69 Å². The molecule has 1 N–H and O–H groups in total. The largest absolute Gasteiger partial charge is 0.342 e. The van der Waals surface area contributed by atoms with E-state index in [1.165, 1.54) is 12.5 Å². The molecule has 2 saturated heterocycles. The third-order valence-corrected chi connectivity index (χ3v) is 4.90. The number of likely N-dealkylation sites (tertiary alicyclic amines) is 1. The Kier molecular flexibility index (Phi) is 6.03. The van der Waals surface area contributed by atoms with Crippen LogP contribution < -0.4 is 5.32 Å². The summed E-state index contributed by atoms with van der Waals surface area (Å²) in [4.78, 5) is 30.1. The fraction of sp³-hybridized carbons (Fsp3) is 0.556. The lowest BCUT2D eigenvalue weighted by Crippen LogP contribution is -2.52. The maximum absolute atomic E-state index is 13.6. The highest BCUT2D eigenvalue weighted by atomic mass is 19.1. The first-order valence-corrected chi connectivity index (χ1v) is 9.04. The van der Waals surface area contributed by atoms with Crippen molar-refractivity contribution in [2.75, 3.05) is 51.1 Å². The van der Waals surface area contributed by atoms with Crippen molar-refractivity contribution in [2.24, 2.45) is 0 Å². The third kappa shape index (κ3) is 4.69. The second-order valence-corrected chi connectivity index (χ2v) is 6.76. The summed E-state index contributed by atoms with van der Waals surface area (Å²) < 4.78 is 26.6. The molecule has 0 saturated carbocycles. The number of benzene rings is 1. The quantitative estimate of drug-likeness (QED) is 0.892. The van der Waals surface area contributed by atoms with Crippen LogP contribution in [0.5, 0.6) is 0 Å². The molecule has 6 nitrogen and oxygen atoms in total. The van der Waals surface area contributed by atoms with E-state index in [1.807, 2.05) is 9.80 Å². The summed E-state index contributed by atoms with van der Waals surface area (Å²) in [6.07, 6.45) is 3.32. The maximum Gasteiger partial charge on any atom is 0.322 e. The second kappa shape index (κ2) is 8.44. The molecule has 3 rings (SSSR count). The molecule has 0 aromatic heterocycles. The van der Waals surface area contributed by atoms with Crippen LogP contribution in [0.3, 0.4) is 0 Å². The van der Waals surface area contributed by atoms with Crippen LogP contribution in [-0.2, 0) is 4.79 Å². The van der Waals surface area contributed by atoms with E-state index in [9.17, 15) is 18.4 Å². The van der Waals surface area contributed by atoms with Crippen molar-refractivity contribution in [3.05, 3.63) is 29.8 Å². The monoisotopic (exact) mass is 366 g/mol. The predicted molar refractivity (Wildman–Crippen MR) is 93.8 cm³/mol. The Morgan fingerprint density at radius 1 is 0.923 bits per heavy atom. The van der Waals surface area contributed by atoms with E-state index in [1.54, 1.807) is 4.90 Å². The Hall–Kier alpha value is -2.22. The lowest BCUT2D eigenvalue weighted by atomic mass is 10.1. The number of urea groups is 1. The van der Waals surface area contributed by atoms with E-state index in [-0.39, 0.29) is 11.6 Å². The number of halogens is 2. The van der Waals surface area contributed by atoms with Gasteiger partial charge in [0, 0.05) is 45.3 Å². The topological polar surface area (TPSA) is 55.9 Å². The number of anilines is 1. The van der Waals surface area contributed by atoms with Gasteiger partial charge in [-0.15, -0.1) is 0 Å². The first-order chi connectivity index (χ1) is 12.5. The van der Waals surface area contributed by atoms with Gasteiger partial charge >= 0.3 is 6.03 Å². The van der Waals surface area contributed by atoms with Gasteiger partial charge < -0.3 is 15.1 Å². The number of carbonyl (C=O) groups excluding carboxylic acids is 2. The number of nitrogens with zero attached hydrogens (tertiary/aromatic N) is 3. The Morgan fingerprint density at radius 2 is 1.62 bits per heavy atom. The van der Waals surface area contributed by atoms with Crippen LogP contribution in [0.4, 0.5) is 19.3 Å². The standard InChI is InChI=1S/C18H24F2N4O2/c19-14-4-5-16(15(20)12-14)21-18(26)24-10-8-22(9-11-24)13-17(25)23-6-2-1-3-7-23/h4-5,12H,1-3,6-11,13H2,(H,21,26). The maximum atomic E-state index is 13.6. The second-order valence-electron chi connectivity index (χ2n) is 6.76. The third-order valence-electron chi connectivity index (χ3n) is 4.90. The van der Waals surface area contributed by atoms with Crippen LogP contribution in [0.25, 0.3) is 0 Å². The lowest BCUT2D eigenvalue weighted by molar-refractivity contribution is -0.133. The van der Waals surface area contributed by atoms with Gasteiger partial charge in [0.25, 0.3) is 0 Å². The SMILES string of the molecule is O=C(CN1CCN(C(=O)Nc2ccc(F)cc2F)CC1)N1CCCCC1. The van der Waals surface area contributed by atoms with Crippen molar-refractivity contribution in [1.29, 1.82) is 0 Å². The average Bonchev–Trinajstić information content (AvgIpc) is 2.65. The van der Waals surface area contributed by atoms with E-state index >= 15 is 0 Å². The van der Waals surface area contributed by atoms with Crippen LogP contribution in [-0.4, -0.2) is 72.5 Å². The molecule has 0 aliphatic carbocycles. The Balaban J connectivity index is 1.45. The van der Waals surface area contributed by atoms with Crippen LogP contribution in [0, 0.1) is 11.6 Å². The minimum absolute atomic E-state index is 0.0425. The molecule has 0 unspecified atom stereocenters. The summed E-state index contributed by atoms with van der Waals surface area (Å²) in [5, 5.41) is 2.47. The summed E-state index contributed by atoms with van der Waals surface area (Å²) in [5.41, 5.74) is -0.0425. The highest BCUT2D eigenvalue weighted by molar-refractivity contribution is 5.89. The normalized spacial score (nSPS) is 18.7. The zero-order valence-corrected chi connectivity index (χ0v) is 14.7. The number of amides is 3. The summed E-state index contributed by atoms with van der Waals surface area (Å²) in [6, 6.07) is 2.62. The zero-order chi connectivity index (χ0) is 18.5. The molecule has 2 fully saturated rings. The van der Waals surface area contributed by atoms with Gasteiger partial charge in [-0.1, -0.05) is 0 Å². The Morgan fingerprint density at radius 3 is 2.27 bits per heavy atom. The van der Waals surface area contributed by atoms with Crippen LogP contribution in [0.2, 0.25) is 0 Å². The molecular formula is C18H24F2N4O2. The molecule has 2 aliphatic heterocycles. The van der Waals surface area contributed by atoms with Crippen LogP contribution in [0.15, 0.2) is 18.2 Å². The summed E-state index contributed by atoms with van der Waals surface area (Å²) >= 11 is 0. The number of piperazine rings is 1. The molecule has 1 aromatic rings. The number of nitrogens with one attached hydrogen (secondary N) is 1. The molecule has 8 heteroatoms. The van der Waals surface area contributed by atoms with Crippen molar-refractivity contribution in [2.45, 2.75) is 19.3 Å². The van der Waals surface area contributed by atoms with Gasteiger partial charge in [0.05, 0.1) is 12.2 Å². The van der Waals surface area contributed by atoms with Crippen molar-refractivity contribution in [1.82, 2.24) is 14.7 Å². The van der Waals surface area contributed by atoms with Crippen molar-refractivity contribution in [3.8, 4) is 0 Å². The van der Waals surface area contributed by atoms with Gasteiger partial charge in [-0.05, 0) is 31.4 Å². The first kappa shape index (κ1) is 18.6. The van der Waals surface area contributed by atoms with Crippen LogP contribution >= 0.6 is 0 Å². The van der Waals surface area contributed by atoms with E-state index in [2.05, 4.69) is 5.32 Å². The Labute approximate surface area is 151 Å². The summed E-state index contributed by atoms with van der Waals surface area (Å²) in [5.74, 6) is -1.34. The number of rotatable bonds is 3. The predicted octanol–water partition coefficient (Wildman–Crippen LogP) is 2.13. The molecule has 3 amide bonds. The van der Waals surface area contributed by atoms with Gasteiger partial charge in [-0.25, -0.2) is 13.6 Å².